The number of rotatable bonds is 6. The molecule has 0 aliphatic rings. The van der Waals surface area contributed by atoms with E-state index in [0.717, 1.165) is 23.4 Å². The standard InChI is InChI=1S/C20H17Cl2N5/c1-13-9-19(24-8-7-15-5-6-16(21)11-18(15)22)27-20(25-13)26-17-4-2-3-14(10-17)12-23/h2-6,9-11H,7-8H2,1H3,(H2,24,25,26,27). The Kier molecular flexibility index (Phi) is 6.12. The molecule has 2 N–H and O–H groups in total. The molecule has 0 saturated carbocycles. The second-order valence-electron chi connectivity index (χ2n) is 5.95. The normalized spacial score (nSPS) is 10.3. The van der Waals surface area contributed by atoms with Crippen LogP contribution in [0.25, 0.3) is 0 Å². The van der Waals surface area contributed by atoms with Gasteiger partial charge >= 0.3 is 0 Å². The maximum absolute atomic E-state index is 9.01. The van der Waals surface area contributed by atoms with E-state index < -0.39 is 0 Å². The number of nitriles is 1. The van der Waals surface area contributed by atoms with Crippen molar-refractivity contribution < 1.29 is 0 Å². The van der Waals surface area contributed by atoms with Crippen LogP contribution in [0.2, 0.25) is 10.0 Å². The summed E-state index contributed by atoms with van der Waals surface area (Å²) in [6, 6.07) is 16.7. The highest BCUT2D eigenvalue weighted by Crippen LogP contribution is 2.22. The molecule has 0 aliphatic heterocycles. The predicted octanol–water partition coefficient (Wildman–Crippen LogP) is 5.36. The molecule has 3 rings (SSSR count). The quantitative estimate of drug-likeness (QED) is 0.585. The van der Waals surface area contributed by atoms with E-state index in [4.69, 9.17) is 28.5 Å². The number of nitrogens with one attached hydrogen (secondary N) is 2. The van der Waals surface area contributed by atoms with Gasteiger partial charge in [-0.2, -0.15) is 10.2 Å². The first-order valence-corrected chi connectivity index (χ1v) is 9.10. The second-order valence-corrected chi connectivity index (χ2v) is 6.79. The third-order valence-electron chi connectivity index (χ3n) is 3.82. The van der Waals surface area contributed by atoms with Crippen LogP contribution in [0.4, 0.5) is 17.5 Å². The van der Waals surface area contributed by atoms with Crippen LogP contribution in [-0.4, -0.2) is 16.5 Å². The maximum Gasteiger partial charge on any atom is 0.229 e. The first kappa shape index (κ1) is 19.0. The fraction of sp³-hybridized carbons (Fsp3) is 0.150. The van der Waals surface area contributed by atoms with Crippen LogP contribution in [0.15, 0.2) is 48.5 Å². The minimum absolute atomic E-state index is 0.470. The van der Waals surface area contributed by atoms with Gasteiger partial charge in [-0.3, -0.25) is 0 Å². The topological polar surface area (TPSA) is 73.6 Å². The summed E-state index contributed by atoms with van der Waals surface area (Å²) in [5, 5.41) is 16.7. The van der Waals surface area contributed by atoms with E-state index in [9.17, 15) is 0 Å². The number of halogens is 2. The highest BCUT2D eigenvalue weighted by molar-refractivity contribution is 6.35. The molecule has 7 heteroatoms. The Balaban J connectivity index is 1.67. The number of nitrogens with zero attached hydrogens (tertiary/aromatic N) is 3. The van der Waals surface area contributed by atoms with Crippen LogP contribution < -0.4 is 10.6 Å². The molecule has 0 atom stereocenters. The minimum Gasteiger partial charge on any atom is -0.370 e. The van der Waals surface area contributed by atoms with Gasteiger partial charge in [-0.1, -0.05) is 35.3 Å². The Morgan fingerprint density at radius 3 is 2.70 bits per heavy atom. The molecule has 136 valence electrons. The Bertz CT molecular complexity index is 998. The molecule has 5 nitrogen and oxygen atoms in total. The summed E-state index contributed by atoms with van der Waals surface area (Å²) in [5.74, 6) is 1.18. The Morgan fingerprint density at radius 1 is 1.07 bits per heavy atom. The average molecular weight is 398 g/mol. The molecule has 0 aliphatic carbocycles. The van der Waals surface area contributed by atoms with E-state index in [1.54, 1.807) is 18.2 Å². The zero-order valence-electron chi connectivity index (χ0n) is 14.6. The molecule has 0 unspecified atom stereocenters. The van der Waals surface area contributed by atoms with Gasteiger partial charge in [0.1, 0.15) is 5.82 Å². The Morgan fingerprint density at radius 2 is 1.93 bits per heavy atom. The molecule has 0 fully saturated rings. The van der Waals surface area contributed by atoms with Crippen LogP contribution in [0, 0.1) is 18.3 Å². The van der Waals surface area contributed by atoms with E-state index >= 15 is 0 Å². The molecule has 0 bridgehead atoms. The Hall–Kier alpha value is -2.81. The Labute approximate surface area is 168 Å². The SMILES string of the molecule is Cc1cc(NCCc2ccc(Cl)cc2Cl)nc(Nc2cccc(C#N)c2)n1. The molecule has 0 amide bonds. The summed E-state index contributed by atoms with van der Waals surface area (Å²) < 4.78 is 0. The van der Waals surface area contributed by atoms with Crippen molar-refractivity contribution in [3.8, 4) is 6.07 Å². The third kappa shape index (κ3) is 5.33. The van der Waals surface area contributed by atoms with Crippen molar-refractivity contribution in [1.29, 1.82) is 5.26 Å². The van der Waals surface area contributed by atoms with Gasteiger partial charge in [0.2, 0.25) is 5.95 Å². The first-order chi connectivity index (χ1) is 13.0. The van der Waals surface area contributed by atoms with Crippen LogP contribution in [0.1, 0.15) is 16.8 Å². The van der Waals surface area contributed by atoms with Gasteiger partial charge in [0.15, 0.2) is 0 Å². The largest absolute Gasteiger partial charge is 0.370 e. The molecule has 2 aromatic carbocycles. The molecule has 1 heterocycles. The van der Waals surface area contributed by atoms with Crippen molar-refractivity contribution in [1.82, 2.24) is 9.97 Å². The van der Waals surface area contributed by atoms with E-state index in [0.29, 0.717) is 33.9 Å². The van der Waals surface area contributed by atoms with Gasteiger partial charge in [-0.25, -0.2) is 4.98 Å². The van der Waals surface area contributed by atoms with Gasteiger partial charge in [0, 0.05) is 34.0 Å². The smallest absolute Gasteiger partial charge is 0.229 e. The lowest BCUT2D eigenvalue weighted by atomic mass is 10.1. The van der Waals surface area contributed by atoms with E-state index in [1.807, 2.05) is 37.3 Å². The number of hydrogen-bond acceptors (Lipinski definition) is 5. The summed E-state index contributed by atoms with van der Waals surface area (Å²) in [7, 11) is 0. The molecular formula is C20H17Cl2N5. The zero-order chi connectivity index (χ0) is 19.2. The van der Waals surface area contributed by atoms with Crippen LogP contribution >= 0.6 is 23.2 Å². The van der Waals surface area contributed by atoms with Gasteiger partial charge in [0.25, 0.3) is 0 Å². The number of aryl methyl sites for hydroxylation is 1. The van der Waals surface area contributed by atoms with Crippen LogP contribution in [-0.2, 0) is 6.42 Å². The fourth-order valence-electron chi connectivity index (χ4n) is 2.56. The van der Waals surface area contributed by atoms with Crippen LogP contribution in [0.5, 0.6) is 0 Å². The molecule has 27 heavy (non-hydrogen) atoms. The summed E-state index contributed by atoms with van der Waals surface area (Å²) in [6.45, 7) is 2.57. The third-order valence-corrected chi connectivity index (χ3v) is 4.40. The van der Waals surface area contributed by atoms with Gasteiger partial charge < -0.3 is 10.6 Å². The van der Waals surface area contributed by atoms with E-state index in [1.165, 1.54) is 0 Å². The van der Waals surface area contributed by atoms with Crippen LogP contribution in [0.3, 0.4) is 0 Å². The van der Waals surface area contributed by atoms with E-state index in [-0.39, 0.29) is 0 Å². The highest BCUT2D eigenvalue weighted by atomic mass is 35.5. The molecule has 1 aromatic heterocycles. The zero-order valence-corrected chi connectivity index (χ0v) is 16.1. The average Bonchev–Trinajstić information content (AvgIpc) is 2.63. The molecule has 0 spiro atoms. The molecular weight excluding hydrogens is 381 g/mol. The fourth-order valence-corrected chi connectivity index (χ4v) is 3.06. The molecule has 0 saturated heterocycles. The van der Waals surface area contributed by atoms with Gasteiger partial charge in [-0.05, 0) is 49.2 Å². The summed E-state index contributed by atoms with van der Waals surface area (Å²) >= 11 is 12.1. The highest BCUT2D eigenvalue weighted by Gasteiger charge is 2.05. The van der Waals surface area contributed by atoms with Crippen molar-refractivity contribution in [2.45, 2.75) is 13.3 Å². The lowest BCUT2D eigenvalue weighted by Gasteiger charge is -2.11. The van der Waals surface area contributed by atoms with Crippen molar-refractivity contribution in [3.63, 3.8) is 0 Å². The number of hydrogen-bond donors (Lipinski definition) is 2. The number of benzene rings is 2. The van der Waals surface area contributed by atoms with Crippen molar-refractivity contribution in [2.24, 2.45) is 0 Å². The number of anilines is 3. The minimum atomic E-state index is 0.470. The van der Waals surface area contributed by atoms with Gasteiger partial charge in [0.05, 0.1) is 11.6 Å². The molecule has 0 radical (unpaired) electrons. The van der Waals surface area contributed by atoms with Crippen molar-refractivity contribution in [3.05, 3.63) is 75.4 Å². The molecule has 3 aromatic rings. The second kappa shape index (κ2) is 8.72. The monoisotopic (exact) mass is 397 g/mol. The van der Waals surface area contributed by atoms with Gasteiger partial charge in [-0.15, -0.1) is 0 Å². The lowest BCUT2D eigenvalue weighted by molar-refractivity contribution is 0.995. The maximum atomic E-state index is 9.01. The summed E-state index contributed by atoms with van der Waals surface area (Å²) in [4.78, 5) is 8.88. The van der Waals surface area contributed by atoms with Crippen molar-refractivity contribution >= 4 is 40.7 Å². The number of aromatic nitrogens is 2. The summed E-state index contributed by atoms with van der Waals surface area (Å²) in [6.07, 6.45) is 0.742. The lowest BCUT2D eigenvalue weighted by Crippen LogP contribution is -2.09. The summed E-state index contributed by atoms with van der Waals surface area (Å²) in [5.41, 5.74) is 3.19. The predicted molar refractivity (Wildman–Crippen MR) is 110 cm³/mol. The van der Waals surface area contributed by atoms with Crippen molar-refractivity contribution in [2.75, 3.05) is 17.2 Å². The van der Waals surface area contributed by atoms with E-state index in [2.05, 4.69) is 26.7 Å². The first-order valence-electron chi connectivity index (χ1n) is 8.34.